The molecule has 0 saturated carbocycles. The van der Waals surface area contributed by atoms with Crippen LogP contribution in [0.1, 0.15) is 5.76 Å². The van der Waals surface area contributed by atoms with Crippen LogP contribution in [0.5, 0.6) is 0 Å². The van der Waals surface area contributed by atoms with Crippen molar-refractivity contribution < 1.29 is 4.42 Å². The van der Waals surface area contributed by atoms with E-state index in [9.17, 15) is 4.79 Å². The second-order valence-electron chi connectivity index (χ2n) is 4.77. The maximum atomic E-state index is 11.5. The number of nitrogens with zero attached hydrogens (tertiary/aromatic N) is 3. The van der Waals surface area contributed by atoms with Crippen LogP contribution in [0.15, 0.2) is 45.9 Å². The molecule has 0 bridgehead atoms. The Morgan fingerprint density at radius 1 is 1.19 bits per heavy atom. The molecule has 3 rings (SSSR count). The van der Waals surface area contributed by atoms with Gasteiger partial charge in [0.25, 0.3) is 0 Å². The number of nitrogens with two attached hydrogens (primary N) is 1. The van der Waals surface area contributed by atoms with E-state index in [2.05, 4.69) is 9.97 Å². The number of hydrogen-bond acceptors (Lipinski definition) is 5. The normalized spacial score (nSPS) is 10.8. The Morgan fingerprint density at radius 3 is 2.67 bits per heavy atom. The third-order valence-electron chi connectivity index (χ3n) is 3.12. The molecule has 0 saturated heterocycles. The molecule has 106 valence electrons. The van der Waals surface area contributed by atoms with Crippen LogP contribution in [0.4, 0.5) is 5.82 Å². The Bertz CT molecular complexity index is 864. The smallest absolute Gasteiger partial charge is 0.250 e. The third kappa shape index (κ3) is 2.43. The minimum absolute atomic E-state index is 0.0856. The first kappa shape index (κ1) is 13.1. The van der Waals surface area contributed by atoms with E-state index in [0.717, 1.165) is 11.3 Å². The molecule has 0 aliphatic carbocycles. The summed E-state index contributed by atoms with van der Waals surface area (Å²) in [5, 5.41) is 0. The zero-order chi connectivity index (χ0) is 15.0. The SMILES string of the molecule is Cc1ccc(-c2nc(N)cnc2-c2ccc(=O)n(C)c2)o1. The van der Waals surface area contributed by atoms with Crippen LogP contribution in [0.25, 0.3) is 22.7 Å². The molecule has 3 aromatic heterocycles. The highest BCUT2D eigenvalue weighted by Gasteiger charge is 2.15. The van der Waals surface area contributed by atoms with Gasteiger partial charge in [-0.25, -0.2) is 9.97 Å². The van der Waals surface area contributed by atoms with Crippen LogP contribution < -0.4 is 11.3 Å². The summed E-state index contributed by atoms with van der Waals surface area (Å²) in [4.78, 5) is 20.2. The number of pyridine rings is 1. The van der Waals surface area contributed by atoms with Gasteiger partial charge in [0.15, 0.2) is 5.76 Å². The molecule has 0 atom stereocenters. The van der Waals surface area contributed by atoms with Crippen LogP contribution in [0.3, 0.4) is 0 Å². The van der Waals surface area contributed by atoms with E-state index in [-0.39, 0.29) is 5.56 Å². The fraction of sp³-hybridized carbons (Fsp3) is 0.133. The van der Waals surface area contributed by atoms with E-state index in [1.165, 1.54) is 16.8 Å². The molecule has 21 heavy (non-hydrogen) atoms. The van der Waals surface area contributed by atoms with Crippen molar-refractivity contribution in [3.63, 3.8) is 0 Å². The van der Waals surface area contributed by atoms with Crippen molar-refractivity contribution in [2.45, 2.75) is 6.92 Å². The molecule has 0 unspecified atom stereocenters. The zero-order valence-corrected chi connectivity index (χ0v) is 11.7. The fourth-order valence-electron chi connectivity index (χ4n) is 2.08. The van der Waals surface area contributed by atoms with E-state index in [4.69, 9.17) is 10.2 Å². The van der Waals surface area contributed by atoms with Crippen molar-refractivity contribution in [1.82, 2.24) is 14.5 Å². The van der Waals surface area contributed by atoms with Crippen LogP contribution in [0, 0.1) is 6.92 Å². The molecule has 0 radical (unpaired) electrons. The maximum Gasteiger partial charge on any atom is 0.250 e. The lowest BCUT2D eigenvalue weighted by atomic mass is 10.1. The molecular formula is C15H14N4O2. The fourth-order valence-corrected chi connectivity index (χ4v) is 2.08. The predicted molar refractivity (Wildman–Crippen MR) is 79.6 cm³/mol. The lowest BCUT2D eigenvalue weighted by Crippen LogP contribution is -2.14. The van der Waals surface area contributed by atoms with Gasteiger partial charge in [0, 0.05) is 24.9 Å². The van der Waals surface area contributed by atoms with E-state index in [1.807, 2.05) is 19.1 Å². The number of hydrogen-bond donors (Lipinski definition) is 1. The van der Waals surface area contributed by atoms with Gasteiger partial charge in [0.2, 0.25) is 5.56 Å². The molecule has 3 aromatic rings. The van der Waals surface area contributed by atoms with Gasteiger partial charge >= 0.3 is 0 Å². The summed E-state index contributed by atoms with van der Waals surface area (Å²) in [6, 6.07) is 6.88. The van der Waals surface area contributed by atoms with Crippen molar-refractivity contribution in [2.24, 2.45) is 7.05 Å². The molecule has 0 spiro atoms. The number of aryl methyl sites for hydroxylation is 2. The molecule has 0 amide bonds. The summed E-state index contributed by atoms with van der Waals surface area (Å²) in [5.41, 5.74) is 7.60. The topological polar surface area (TPSA) is 86.9 Å². The van der Waals surface area contributed by atoms with Crippen LogP contribution in [-0.2, 0) is 7.05 Å². The van der Waals surface area contributed by atoms with Crippen molar-refractivity contribution in [3.8, 4) is 22.7 Å². The summed E-state index contributed by atoms with van der Waals surface area (Å²) in [6.07, 6.45) is 3.20. The summed E-state index contributed by atoms with van der Waals surface area (Å²) < 4.78 is 7.10. The van der Waals surface area contributed by atoms with Crippen LogP contribution >= 0.6 is 0 Å². The van der Waals surface area contributed by atoms with Gasteiger partial charge in [-0.15, -0.1) is 0 Å². The van der Waals surface area contributed by atoms with E-state index >= 15 is 0 Å². The molecule has 0 aliphatic heterocycles. The predicted octanol–water partition coefficient (Wildman–Crippen LogP) is 1.99. The number of furan rings is 1. The Kier molecular flexibility index (Phi) is 3.06. The highest BCUT2D eigenvalue weighted by molar-refractivity contribution is 5.75. The maximum absolute atomic E-state index is 11.5. The molecular weight excluding hydrogens is 268 g/mol. The summed E-state index contributed by atoms with van der Waals surface area (Å²) in [7, 11) is 1.69. The monoisotopic (exact) mass is 282 g/mol. The molecule has 0 aliphatic rings. The highest BCUT2D eigenvalue weighted by Crippen LogP contribution is 2.29. The largest absolute Gasteiger partial charge is 0.460 e. The number of aromatic nitrogens is 3. The van der Waals surface area contributed by atoms with Gasteiger partial charge in [0.1, 0.15) is 23.0 Å². The Labute approximate surface area is 120 Å². The highest BCUT2D eigenvalue weighted by atomic mass is 16.3. The van der Waals surface area contributed by atoms with Gasteiger partial charge < -0.3 is 14.7 Å². The molecule has 6 heteroatoms. The first-order valence-corrected chi connectivity index (χ1v) is 6.41. The van der Waals surface area contributed by atoms with Crippen LogP contribution in [-0.4, -0.2) is 14.5 Å². The second-order valence-corrected chi connectivity index (χ2v) is 4.77. The minimum Gasteiger partial charge on any atom is -0.460 e. The van der Waals surface area contributed by atoms with Crippen molar-refractivity contribution in [3.05, 3.63) is 52.8 Å². The van der Waals surface area contributed by atoms with Crippen molar-refractivity contribution >= 4 is 5.82 Å². The summed E-state index contributed by atoms with van der Waals surface area (Å²) in [5.74, 6) is 1.68. The average molecular weight is 282 g/mol. The lowest BCUT2D eigenvalue weighted by Gasteiger charge is -2.08. The Balaban J connectivity index is 2.22. The molecule has 2 N–H and O–H groups in total. The van der Waals surface area contributed by atoms with Gasteiger partial charge in [0.05, 0.1) is 6.20 Å². The molecule has 6 nitrogen and oxygen atoms in total. The second kappa shape index (κ2) is 4.90. The molecule has 0 fully saturated rings. The summed E-state index contributed by atoms with van der Waals surface area (Å²) >= 11 is 0. The first-order valence-electron chi connectivity index (χ1n) is 6.41. The van der Waals surface area contributed by atoms with E-state index in [1.54, 1.807) is 19.3 Å². The zero-order valence-electron chi connectivity index (χ0n) is 11.7. The van der Waals surface area contributed by atoms with Gasteiger partial charge in [-0.2, -0.15) is 0 Å². The van der Waals surface area contributed by atoms with Gasteiger partial charge in [-0.05, 0) is 25.1 Å². The van der Waals surface area contributed by atoms with Gasteiger partial charge in [-0.3, -0.25) is 4.79 Å². The lowest BCUT2D eigenvalue weighted by molar-refractivity contribution is 0.546. The Morgan fingerprint density at radius 2 is 2.00 bits per heavy atom. The number of nitrogen functional groups attached to an aromatic ring is 1. The summed E-state index contributed by atoms with van der Waals surface area (Å²) in [6.45, 7) is 1.86. The minimum atomic E-state index is -0.0856. The van der Waals surface area contributed by atoms with Crippen molar-refractivity contribution in [1.29, 1.82) is 0 Å². The average Bonchev–Trinajstić information content (AvgIpc) is 2.88. The molecule has 3 heterocycles. The third-order valence-corrected chi connectivity index (χ3v) is 3.12. The van der Waals surface area contributed by atoms with E-state index in [0.29, 0.717) is 23.0 Å². The number of anilines is 1. The van der Waals surface area contributed by atoms with E-state index < -0.39 is 0 Å². The quantitative estimate of drug-likeness (QED) is 0.776. The van der Waals surface area contributed by atoms with Crippen molar-refractivity contribution in [2.75, 3.05) is 5.73 Å². The number of rotatable bonds is 2. The van der Waals surface area contributed by atoms with Gasteiger partial charge in [-0.1, -0.05) is 0 Å². The first-order chi connectivity index (χ1) is 10.0. The van der Waals surface area contributed by atoms with Crippen LogP contribution in [0.2, 0.25) is 0 Å². The standard InChI is InChI=1S/C15H14N4O2/c1-9-3-5-11(21-9)15-14(17-7-12(16)18-15)10-4-6-13(20)19(2)8-10/h3-8H,1-2H3,(H2,16,18). The Hall–Kier alpha value is -2.89. The molecule has 0 aromatic carbocycles.